The van der Waals surface area contributed by atoms with E-state index in [4.69, 9.17) is 0 Å². The van der Waals surface area contributed by atoms with Crippen LogP contribution in [-0.4, -0.2) is 6.04 Å². The van der Waals surface area contributed by atoms with Gasteiger partial charge in [-0.1, -0.05) is 56.0 Å². The summed E-state index contributed by atoms with van der Waals surface area (Å²) in [5.74, 6) is 1.77. The molecule has 110 valence electrons. The first-order valence-electron chi connectivity index (χ1n) is 8.65. The first kappa shape index (κ1) is 14.1. The Kier molecular flexibility index (Phi) is 4.77. The molecule has 1 nitrogen and oxygen atoms in total. The van der Waals surface area contributed by atoms with Crippen molar-refractivity contribution in [2.24, 2.45) is 11.8 Å². The lowest BCUT2D eigenvalue weighted by atomic mass is 9.91. The average Bonchev–Trinajstić information content (AvgIpc) is 3.31. The summed E-state index contributed by atoms with van der Waals surface area (Å²) in [6, 6.07) is 12.4. The smallest absolute Gasteiger partial charge is 0.0351 e. The Morgan fingerprint density at radius 3 is 2.10 bits per heavy atom. The van der Waals surface area contributed by atoms with Crippen LogP contribution < -0.4 is 5.32 Å². The lowest BCUT2D eigenvalue weighted by Crippen LogP contribution is -2.37. The molecule has 20 heavy (non-hydrogen) atoms. The molecule has 2 aliphatic carbocycles. The zero-order valence-electron chi connectivity index (χ0n) is 12.9. The average molecular weight is 271 g/mol. The Bertz CT molecular complexity index is 387. The minimum absolute atomic E-state index is 0.592. The number of hydrogen-bond donors (Lipinski definition) is 1. The highest BCUT2D eigenvalue weighted by molar-refractivity contribution is 5.21. The maximum Gasteiger partial charge on any atom is 0.0351 e. The molecule has 0 aliphatic heterocycles. The van der Waals surface area contributed by atoms with Gasteiger partial charge in [0.1, 0.15) is 0 Å². The monoisotopic (exact) mass is 271 g/mol. The van der Waals surface area contributed by atoms with Crippen molar-refractivity contribution in [2.75, 3.05) is 0 Å². The van der Waals surface area contributed by atoms with E-state index < -0.39 is 0 Å². The second-order valence-corrected chi connectivity index (χ2v) is 6.93. The fourth-order valence-electron chi connectivity index (χ4n) is 3.82. The summed E-state index contributed by atoms with van der Waals surface area (Å²) in [5, 5.41) is 3.99. The third kappa shape index (κ3) is 3.63. The van der Waals surface area contributed by atoms with Gasteiger partial charge in [0.2, 0.25) is 0 Å². The largest absolute Gasteiger partial charge is 0.307 e. The van der Waals surface area contributed by atoms with E-state index in [9.17, 15) is 0 Å². The van der Waals surface area contributed by atoms with E-state index in [2.05, 4.69) is 42.6 Å². The third-order valence-corrected chi connectivity index (χ3v) is 5.30. The molecule has 2 aliphatic rings. The molecule has 0 bridgehead atoms. The molecule has 2 saturated carbocycles. The van der Waals surface area contributed by atoms with Crippen molar-refractivity contribution < 1.29 is 0 Å². The van der Waals surface area contributed by atoms with Gasteiger partial charge < -0.3 is 5.32 Å². The van der Waals surface area contributed by atoms with Gasteiger partial charge in [-0.3, -0.25) is 0 Å². The van der Waals surface area contributed by atoms with Crippen molar-refractivity contribution >= 4 is 0 Å². The van der Waals surface area contributed by atoms with E-state index in [-0.39, 0.29) is 0 Å². The molecular weight excluding hydrogens is 242 g/mol. The molecule has 0 saturated heterocycles. The van der Waals surface area contributed by atoms with E-state index in [0.29, 0.717) is 12.1 Å². The van der Waals surface area contributed by atoms with Crippen LogP contribution in [-0.2, 0) is 0 Å². The Labute approximate surface area is 124 Å². The van der Waals surface area contributed by atoms with E-state index in [1.54, 1.807) is 0 Å². The number of rotatable bonds is 5. The second kappa shape index (κ2) is 6.76. The maximum absolute atomic E-state index is 3.99. The van der Waals surface area contributed by atoms with Crippen LogP contribution in [0.3, 0.4) is 0 Å². The highest BCUT2D eigenvalue weighted by atomic mass is 15.0. The fraction of sp³-hybridized carbons (Fsp3) is 0.684. The van der Waals surface area contributed by atoms with Crippen molar-refractivity contribution in [3.05, 3.63) is 35.9 Å². The lowest BCUT2D eigenvalue weighted by Gasteiger charge is -2.29. The maximum atomic E-state index is 3.99. The van der Waals surface area contributed by atoms with Gasteiger partial charge in [0.05, 0.1) is 0 Å². The summed E-state index contributed by atoms with van der Waals surface area (Å²) in [6.07, 6.45) is 11.5. The molecule has 1 aromatic rings. The van der Waals surface area contributed by atoms with Crippen LogP contribution in [0.2, 0.25) is 0 Å². The van der Waals surface area contributed by atoms with Crippen LogP contribution in [0.25, 0.3) is 0 Å². The topological polar surface area (TPSA) is 12.0 Å². The van der Waals surface area contributed by atoms with Gasteiger partial charge >= 0.3 is 0 Å². The number of hydrogen-bond acceptors (Lipinski definition) is 1. The van der Waals surface area contributed by atoms with Gasteiger partial charge in [-0.25, -0.2) is 0 Å². The molecule has 2 atom stereocenters. The summed E-state index contributed by atoms with van der Waals surface area (Å²) in [7, 11) is 0. The van der Waals surface area contributed by atoms with E-state index in [0.717, 1.165) is 11.8 Å². The molecule has 0 spiro atoms. The molecule has 0 aromatic heterocycles. The third-order valence-electron chi connectivity index (χ3n) is 5.30. The van der Waals surface area contributed by atoms with Crippen molar-refractivity contribution in [1.29, 1.82) is 0 Å². The molecule has 1 aromatic carbocycles. The summed E-state index contributed by atoms with van der Waals surface area (Å²) < 4.78 is 0. The van der Waals surface area contributed by atoms with Gasteiger partial charge in [0, 0.05) is 12.1 Å². The first-order chi connectivity index (χ1) is 9.84. The van der Waals surface area contributed by atoms with Crippen LogP contribution in [0.5, 0.6) is 0 Å². The highest BCUT2D eigenvalue weighted by Crippen LogP contribution is 2.41. The Balaban J connectivity index is 1.64. The van der Waals surface area contributed by atoms with Gasteiger partial charge in [-0.05, 0) is 50.0 Å². The van der Waals surface area contributed by atoms with Gasteiger partial charge in [0.25, 0.3) is 0 Å². The summed E-state index contributed by atoms with van der Waals surface area (Å²) in [6.45, 7) is 2.42. The fourth-order valence-corrected chi connectivity index (χ4v) is 3.82. The van der Waals surface area contributed by atoms with E-state index >= 15 is 0 Å². The van der Waals surface area contributed by atoms with Gasteiger partial charge in [-0.2, -0.15) is 0 Å². The number of nitrogens with one attached hydrogen (secondary N) is 1. The molecule has 0 radical (unpaired) electrons. The van der Waals surface area contributed by atoms with Crippen LogP contribution in [0.4, 0.5) is 0 Å². The van der Waals surface area contributed by atoms with Crippen LogP contribution >= 0.6 is 0 Å². The minimum Gasteiger partial charge on any atom is -0.307 e. The minimum atomic E-state index is 0.592. The molecule has 0 heterocycles. The van der Waals surface area contributed by atoms with E-state index in [1.165, 1.54) is 56.9 Å². The zero-order valence-corrected chi connectivity index (χ0v) is 12.9. The summed E-state index contributed by atoms with van der Waals surface area (Å²) >= 11 is 0. The molecule has 1 N–H and O–H groups in total. The first-order valence-corrected chi connectivity index (χ1v) is 8.65. The number of benzene rings is 1. The van der Waals surface area contributed by atoms with Crippen LogP contribution in [0.15, 0.2) is 30.3 Å². The normalized spacial score (nSPS) is 24.1. The SMILES string of the molecule is C[C@H](NC(c1ccccc1)C1CC1)C1CCCCCC1. The molecule has 2 fully saturated rings. The summed E-state index contributed by atoms with van der Waals surface area (Å²) in [5.41, 5.74) is 1.50. The molecule has 1 heteroatoms. The zero-order chi connectivity index (χ0) is 13.8. The van der Waals surface area contributed by atoms with Crippen LogP contribution in [0.1, 0.15) is 69.9 Å². The predicted molar refractivity (Wildman–Crippen MR) is 85.7 cm³/mol. The Morgan fingerprint density at radius 1 is 0.850 bits per heavy atom. The molecule has 3 rings (SSSR count). The molecule has 1 unspecified atom stereocenters. The lowest BCUT2D eigenvalue weighted by molar-refractivity contribution is 0.298. The quantitative estimate of drug-likeness (QED) is 0.736. The molecule has 0 amide bonds. The summed E-state index contributed by atoms with van der Waals surface area (Å²) in [4.78, 5) is 0. The van der Waals surface area contributed by atoms with Crippen molar-refractivity contribution in [2.45, 2.75) is 70.4 Å². The van der Waals surface area contributed by atoms with Gasteiger partial charge in [-0.15, -0.1) is 0 Å². The van der Waals surface area contributed by atoms with Gasteiger partial charge in [0.15, 0.2) is 0 Å². The standard InChI is InChI=1S/C19H29N/c1-15(16-9-5-2-3-6-10-16)20-19(18-13-14-18)17-11-7-4-8-12-17/h4,7-8,11-12,15-16,18-20H,2-3,5-6,9-10,13-14H2,1H3/t15-,19?/m0/s1. The van der Waals surface area contributed by atoms with Crippen molar-refractivity contribution in [3.63, 3.8) is 0 Å². The highest BCUT2D eigenvalue weighted by Gasteiger charge is 2.34. The Morgan fingerprint density at radius 2 is 1.50 bits per heavy atom. The molecular formula is C19H29N. The van der Waals surface area contributed by atoms with Crippen LogP contribution in [0, 0.1) is 11.8 Å². The predicted octanol–water partition coefficient (Wildman–Crippen LogP) is 5.09. The van der Waals surface area contributed by atoms with Crippen molar-refractivity contribution in [3.8, 4) is 0 Å². The second-order valence-electron chi connectivity index (χ2n) is 6.93. The Hall–Kier alpha value is -0.820. The van der Waals surface area contributed by atoms with E-state index in [1.807, 2.05) is 0 Å². The van der Waals surface area contributed by atoms with Crippen molar-refractivity contribution in [1.82, 2.24) is 5.32 Å².